The minimum atomic E-state index is -0.909. The van der Waals surface area contributed by atoms with Crippen LogP contribution >= 0.6 is 0 Å². The van der Waals surface area contributed by atoms with Crippen molar-refractivity contribution < 1.29 is 19.5 Å². The first kappa shape index (κ1) is 30.9. The van der Waals surface area contributed by atoms with Gasteiger partial charge in [0.2, 0.25) is 11.8 Å². The van der Waals surface area contributed by atoms with E-state index in [0.717, 1.165) is 16.7 Å². The highest BCUT2D eigenvalue weighted by Gasteiger charge is 2.51. The number of carbonyl (C=O) groups excluding carboxylic acids is 3. The number of hydrogen-bond donors (Lipinski definition) is 4. The Morgan fingerprint density at radius 2 is 1.78 bits per heavy atom. The van der Waals surface area contributed by atoms with Gasteiger partial charge >= 0.3 is 6.03 Å². The molecule has 5 N–H and O–H groups in total. The van der Waals surface area contributed by atoms with Crippen LogP contribution in [0.25, 0.3) is 0 Å². The molecular formula is C32H35N9O4. The molecule has 13 nitrogen and oxygen atoms in total. The number of phenolic OH excluding ortho intramolecular Hbond substituents is 1. The first-order chi connectivity index (χ1) is 21.8. The van der Waals surface area contributed by atoms with E-state index in [1.54, 1.807) is 46.3 Å². The van der Waals surface area contributed by atoms with Gasteiger partial charge in [-0.3, -0.25) is 9.59 Å². The molecule has 45 heavy (non-hydrogen) atoms. The first-order valence-electron chi connectivity index (χ1n) is 14.4. The van der Waals surface area contributed by atoms with E-state index in [1.807, 2.05) is 36.4 Å². The van der Waals surface area contributed by atoms with Crippen LogP contribution in [-0.4, -0.2) is 80.4 Å². The summed E-state index contributed by atoms with van der Waals surface area (Å²) >= 11 is 0. The zero-order chi connectivity index (χ0) is 31.9. The number of nitrogens with one attached hydrogen (secondary N) is 2. The fourth-order valence-electron chi connectivity index (χ4n) is 5.71. The number of piperazine rings is 1. The second kappa shape index (κ2) is 13.8. The van der Waals surface area contributed by atoms with Crippen LogP contribution in [0.2, 0.25) is 0 Å². The highest BCUT2D eigenvalue weighted by molar-refractivity contribution is 5.97. The Labute approximate surface area is 260 Å². The number of carbonyl (C=O) groups is 3. The van der Waals surface area contributed by atoms with E-state index in [0.29, 0.717) is 5.56 Å². The molecule has 0 aromatic heterocycles. The Hall–Kier alpha value is -5.56. The lowest BCUT2D eigenvalue weighted by Gasteiger charge is -2.55. The number of phenols is 1. The summed E-state index contributed by atoms with van der Waals surface area (Å²) in [5.74, 6) is -0.407. The molecule has 4 amide bonds. The van der Waals surface area contributed by atoms with E-state index in [1.165, 1.54) is 22.0 Å². The molecule has 2 aliphatic rings. The summed E-state index contributed by atoms with van der Waals surface area (Å²) in [6.07, 6.45) is 1.00. The van der Waals surface area contributed by atoms with Gasteiger partial charge in [-0.1, -0.05) is 72.0 Å². The van der Waals surface area contributed by atoms with Crippen LogP contribution in [0.1, 0.15) is 22.3 Å². The van der Waals surface area contributed by atoms with Crippen molar-refractivity contribution >= 4 is 23.7 Å². The molecule has 0 spiro atoms. The quantitative estimate of drug-likeness (QED) is 0.0905. The Bertz CT molecular complexity index is 1600. The predicted octanol–water partition coefficient (Wildman–Crippen LogP) is 2.78. The summed E-state index contributed by atoms with van der Waals surface area (Å²) in [6.45, 7) is 4.45. The molecule has 13 heteroatoms. The fraction of sp³-hybridized carbons (Fsp3) is 0.250. The van der Waals surface area contributed by atoms with E-state index in [2.05, 4.69) is 22.2 Å². The van der Waals surface area contributed by atoms with Crippen molar-refractivity contribution in [3.63, 3.8) is 0 Å². The number of amides is 4. The van der Waals surface area contributed by atoms with Crippen molar-refractivity contribution in [1.82, 2.24) is 25.1 Å². The molecule has 0 saturated carbocycles. The molecule has 2 heterocycles. The van der Waals surface area contributed by atoms with E-state index >= 15 is 0 Å². The number of hydrazine groups is 1. The highest BCUT2D eigenvalue weighted by Crippen LogP contribution is 2.29. The van der Waals surface area contributed by atoms with Gasteiger partial charge in [-0.15, -0.1) is 11.7 Å². The average molecular weight is 610 g/mol. The van der Waals surface area contributed by atoms with Crippen molar-refractivity contribution in [2.75, 3.05) is 19.6 Å². The summed E-state index contributed by atoms with van der Waals surface area (Å²) in [4.78, 5) is 44.9. The third-order valence-electron chi connectivity index (χ3n) is 7.78. The second-order valence-corrected chi connectivity index (χ2v) is 10.8. The molecule has 2 saturated heterocycles. The van der Waals surface area contributed by atoms with Crippen molar-refractivity contribution in [3.05, 3.63) is 114 Å². The zero-order valence-electron chi connectivity index (χ0n) is 24.6. The zero-order valence-corrected chi connectivity index (χ0v) is 24.6. The average Bonchev–Trinajstić information content (AvgIpc) is 3.04. The van der Waals surface area contributed by atoms with Crippen LogP contribution in [0, 0.1) is 5.53 Å². The van der Waals surface area contributed by atoms with Crippen LogP contribution in [0.5, 0.6) is 5.75 Å². The third-order valence-corrected chi connectivity index (χ3v) is 7.78. The number of aromatic hydroxyl groups is 1. The van der Waals surface area contributed by atoms with Gasteiger partial charge in [0.05, 0.1) is 13.1 Å². The summed E-state index contributed by atoms with van der Waals surface area (Å²) in [5, 5.41) is 22.5. The summed E-state index contributed by atoms with van der Waals surface area (Å²) in [7, 11) is 0. The Morgan fingerprint density at radius 1 is 1.04 bits per heavy atom. The van der Waals surface area contributed by atoms with Gasteiger partial charge in [0.15, 0.2) is 5.84 Å². The standard InChI is InChI=1S/C32H35N9O4/c1-2-15-39-21-29(43)40-27(17-22-11-13-26(42)14-12-22)31(44)38(19-24-9-6-10-25(16-24)30(33)36-37-34)20-28(40)41(39)32(45)35-18-23-7-4-3-5-8-23/h2-14,16,27-28,42H,1,15,17-21H2,(H,35,45)(H3,33,34,36)/t27-,28-/m0/s1. The van der Waals surface area contributed by atoms with E-state index < -0.39 is 18.2 Å². The molecular weight excluding hydrogens is 574 g/mol. The van der Waals surface area contributed by atoms with Crippen LogP contribution < -0.4 is 11.1 Å². The largest absolute Gasteiger partial charge is 0.508 e. The molecule has 232 valence electrons. The molecule has 5 rings (SSSR count). The van der Waals surface area contributed by atoms with Crippen LogP contribution in [-0.2, 0) is 29.1 Å². The van der Waals surface area contributed by atoms with E-state index in [4.69, 9.17) is 11.3 Å². The number of fused-ring (bicyclic) bond motifs is 1. The number of rotatable bonds is 10. The van der Waals surface area contributed by atoms with Gasteiger partial charge in [-0.25, -0.2) is 14.8 Å². The Kier molecular flexibility index (Phi) is 9.49. The number of urea groups is 1. The van der Waals surface area contributed by atoms with Gasteiger partial charge in [0.1, 0.15) is 18.0 Å². The molecule has 2 fully saturated rings. The van der Waals surface area contributed by atoms with Gasteiger partial charge in [0, 0.05) is 31.6 Å². The normalized spacial score (nSPS) is 18.8. The van der Waals surface area contributed by atoms with Crippen molar-refractivity contribution in [3.8, 4) is 5.75 Å². The van der Waals surface area contributed by atoms with Crippen LogP contribution in [0.3, 0.4) is 0 Å². The lowest BCUT2D eigenvalue weighted by Crippen LogP contribution is -2.76. The Morgan fingerprint density at radius 3 is 2.49 bits per heavy atom. The molecule has 2 atom stereocenters. The number of amidine groups is 1. The maximum Gasteiger partial charge on any atom is 0.334 e. The molecule has 3 aromatic rings. The molecule has 0 unspecified atom stereocenters. The predicted molar refractivity (Wildman–Crippen MR) is 166 cm³/mol. The number of hydrogen-bond acceptors (Lipinski definition) is 7. The minimum Gasteiger partial charge on any atom is -0.508 e. The van der Waals surface area contributed by atoms with Gasteiger partial charge in [-0.05, 0) is 34.9 Å². The smallest absolute Gasteiger partial charge is 0.334 e. The maximum absolute atomic E-state index is 14.2. The number of nitrogens with two attached hydrogens (primary N) is 1. The maximum atomic E-state index is 14.2. The summed E-state index contributed by atoms with van der Waals surface area (Å²) in [6, 6.07) is 21.8. The molecule has 0 bridgehead atoms. The van der Waals surface area contributed by atoms with Crippen LogP contribution in [0.4, 0.5) is 4.79 Å². The molecule has 3 aromatic carbocycles. The number of nitrogens with zero attached hydrogens (tertiary/aromatic N) is 6. The SMILES string of the molecule is C=CCN1CC(=O)N2[C@@H](Cc3ccc(O)cc3)C(=O)N(Cc3cccc(/C(N)=N/N=N)c3)C[C@@H]2N1C(=O)NCc1ccccc1. The van der Waals surface area contributed by atoms with E-state index in [-0.39, 0.29) is 62.5 Å². The van der Waals surface area contributed by atoms with Gasteiger partial charge < -0.3 is 26.0 Å². The van der Waals surface area contributed by atoms with Gasteiger partial charge in [0.25, 0.3) is 0 Å². The van der Waals surface area contributed by atoms with Gasteiger partial charge in [-0.2, -0.15) is 5.53 Å². The lowest BCUT2D eigenvalue weighted by atomic mass is 9.98. The minimum absolute atomic E-state index is 0.0545. The second-order valence-electron chi connectivity index (χ2n) is 10.8. The summed E-state index contributed by atoms with van der Waals surface area (Å²) < 4.78 is 0. The molecule has 2 aliphatic heterocycles. The van der Waals surface area contributed by atoms with Crippen LogP contribution in [0.15, 0.2) is 102 Å². The fourth-order valence-corrected chi connectivity index (χ4v) is 5.71. The number of benzene rings is 3. The topological polar surface area (TPSA) is 171 Å². The molecule has 0 aliphatic carbocycles. The molecule has 0 radical (unpaired) electrons. The van der Waals surface area contributed by atoms with Crippen molar-refractivity contribution in [2.45, 2.75) is 31.7 Å². The summed E-state index contributed by atoms with van der Waals surface area (Å²) in [5.41, 5.74) is 15.9. The highest BCUT2D eigenvalue weighted by atomic mass is 16.3. The lowest BCUT2D eigenvalue weighted by molar-refractivity contribution is -0.189. The Balaban J connectivity index is 1.50. The third kappa shape index (κ3) is 6.99. The van der Waals surface area contributed by atoms with Crippen molar-refractivity contribution in [1.29, 1.82) is 5.53 Å². The first-order valence-corrected chi connectivity index (χ1v) is 14.4. The monoisotopic (exact) mass is 609 g/mol. The van der Waals surface area contributed by atoms with Crippen molar-refractivity contribution in [2.24, 2.45) is 16.1 Å². The van der Waals surface area contributed by atoms with E-state index in [9.17, 15) is 19.5 Å².